The number of thioether (sulfide) groups is 1. The molecule has 0 aliphatic carbocycles. The maximum atomic E-state index is 13.5. The third kappa shape index (κ3) is 4.50. The van der Waals surface area contributed by atoms with Gasteiger partial charge in [-0.3, -0.25) is 4.79 Å². The molecule has 7 heteroatoms. The summed E-state index contributed by atoms with van der Waals surface area (Å²) in [5, 5.41) is 21.1. The molecule has 0 saturated carbocycles. The smallest absolute Gasteiger partial charge is 0.321 e. The number of hydrogen-bond donors (Lipinski definition) is 1. The number of carbonyl (C=O) groups is 1. The number of nitrogens with zero attached hydrogens (tertiary/aromatic N) is 2. The highest BCUT2D eigenvalue weighted by Crippen LogP contribution is 2.41. The first kappa shape index (κ1) is 20.8. The second-order valence-electron chi connectivity index (χ2n) is 6.58. The lowest BCUT2D eigenvalue weighted by molar-refractivity contribution is -0.136. The number of thiophene rings is 1. The van der Waals surface area contributed by atoms with E-state index in [4.69, 9.17) is 0 Å². The Balaban J connectivity index is 1.89. The minimum Gasteiger partial charge on any atom is -0.480 e. The van der Waals surface area contributed by atoms with Crippen LogP contribution in [0.25, 0.3) is 21.7 Å². The average Bonchev–Trinajstić information content (AvgIpc) is 3.33. The molecule has 31 heavy (non-hydrogen) atoms. The van der Waals surface area contributed by atoms with E-state index in [9.17, 15) is 19.6 Å². The normalized spacial score (nSPS) is 11.6. The fourth-order valence-corrected chi connectivity index (χ4v) is 4.85. The lowest BCUT2D eigenvalue weighted by atomic mass is 10.0. The van der Waals surface area contributed by atoms with E-state index < -0.39 is 11.2 Å². The van der Waals surface area contributed by atoms with E-state index >= 15 is 0 Å². The van der Waals surface area contributed by atoms with Crippen LogP contribution in [-0.2, 0) is 4.79 Å². The Hall–Kier alpha value is -3.47. The van der Waals surface area contributed by atoms with Crippen LogP contribution in [0.4, 0.5) is 4.39 Å². The van der Waals surface area contributed by atoms with E-state index in [0.29, 0.717) is 27.4 Å². The van der Waals surface area contributed by atoms with Crippen molar-refractivity contribution in [2.75, 3.05) is 0 Å². The second kappa shape index (κ2) is 9.13. The van der Waals surface area contributed by atoms with Crippen LogP contribution in [0.5, 0.6) is 0 Å². The number of halogens is 1. The third-order valence-corrected chi connectivity index (χ3v) is 6.70. The highest BCUT2D eigenvalue weighted by molar-refractivity contribution is 8.00. The summed E-state index contributed by atoms with van der Waals surface area (Å²) in [5.41, 5.74) is 2.75. The maximum Gasteiger partial charge on any atom is 0.321 e. The van der Waals surface area contributed by atoms with Gasteiger partial charge in [-0.05, 0) is 40.8 Å². The van der Waals surface area contributed by atoms with Crippen molar-refractivity contribution in [3.8, 4) is 27.8 Å². The molecule has 0 aliphatic rings. The van der Waals surface area contributed by atoms with Crippen molar-refractivity contribution >= 4 is 29.1 Å². The summed E-state index contributed by atoms with van der Waals surface area (Å²) in [7, 11) is 0. The average molecular weight is 447 g/mol. The molecule has 2 heterocycles. The Morgan fingerprint density at radius 2 is 1.84 bits per heavy atom. The van der Waals surface area contributed by atoms with E-state index in [1.165, 1.54) is 23.5 Å². The molecule has 1 unspecified atom stereocenters. The van der Waals surface area contributed by atoms with Crippen LogP contribution >= 0.6 is 23.1 Å². The maximum absolute atomic E-state index is 13.5. The highest BCUT2D eigenvalue weighted by Gasteiger charge is 2.25. The van der Waals surface area contributed by atoms with Crippen LogP contribution in [0, 0.1) is 17.1 Å². The van der Waals surface area contributed by atoms with Crippen molar-refractivity contribution in [3.05, 3.63) is 95.1 Å². The van der Waals surface area contributed by atoms with Crippen LogP contribution in [0.3, 0.4) is 0 Å². The van der Waals surface area contributed by atoms with Gasteiger partial charge in [0.1, 0.15) is 22.2 Å². The molecule has 1 atom stereocenters. The van der Waals surface area contributed by atoms with Crippen LogP contribution in [0.1, 0.15) is 16.4 Å². The van der Waals surface area contributed by atoms with Crippen LogP contribution in [0.2, 0.25) is 0 Å². The topological polar surface area (TPSA) is 74.0 Å². The van der Waals surface area contributed by atoms with Gasteiger partial charge in [-0.25, -0.2) is 9.37 Å². The van der Waals surface area contributed by atoms with Gasteiger partial charge in [0.25, 0.3) is 0 Å². The number of aromatic nitrogens is 1. The molecule has 0 fully saturated rings. The third-order valence-electron chi connectivity index (χ3n) is 4.58. The van der Waals surface area contributed by atoms with Crippen molar-refractivity contribution in [3.63, 3.8) is 0 Å². The monoisotopic (exact) mass is 446 g/mol. The van der Waals surface area contributed by atoms with Gasteiger partial charge in [-0.2, -0.15) is 5.26 Å². The van der Waals surface area contributed by atoms with E-state index in [-0.39, 0.29) is 11.4 Å². The van der Waals surface area contributed by atoms with Crippen molar-refractivity contribution in [2.24, 2.45) is 0 Å². The van der Waals surface area contributed by atoms with Gasteiger partial charge < -0.3 is 5.11 Å². The van der Waals surface area contributed by atoms with Crippen LogP contribution < -0.4 is 0 Å². The van der Waals surface area contributed by atoms with Crippen molar-refractivity contribution < 1.29 is 14.3 Å². The van der Waals surface area contributed by atoms with Gasteiger partial charge in [-0.15, -0.1) is 11.3 Å². The molecule has 4 rings (SSSR count). The predicted octanol–water partition coefficient (Wildman–Crippen LogP) is 6.41. The summed E-state index contributed by atoms with van der Waals surface area (Å²) < 4.78 is 13.5. The zero-order valence-corrected chi connectivity index (χ0v) is 17.7. The molecule has 0 spiro atoms. The first-order valence-electron chi connectivity index (χ1n) is 9.26. The molecule has 0 saturated heterocycles. The van der Waals surface area contributed by atoms with E-state index in [1.54, 1.807) is 42.5 Å². The molecule has 0 amide bonds. The Bertz CT molecular complexity index is 1250. The summed E-state index contributed by atoms with van der Waals surface area (Å²) in [6.07, 6.45) is 0. The lowest BCUT2D eigenvalue weighted by Gasteiger charge is -2.16. The molecule has 2 aromatic heterocycles. The van der Waals surface area contributed by atoms with Crippen LogP contribution in [-0.4, -0.2) is 16.1 Å². The summed E-state index contributed by atoms with van der Waals surface area (Å²) in [4.78, 5) is 17.6. The van der Waals surface area contributed by atoms with E-state index in [2.05, 4.69) is 11.1 Å². The summed E-state index contributed by atoms with van der Waals surface area (Å²) in [6, 6.07) is 22.5. The number of carboxylic acids is 1. The molecule has 1 N–H and O–H groups in total. The molecule has 4 aromatic rings. The Morgan fingerprint density at radius 3 is 2.45 bits per heavy atom. The largest absolute Gasteiger partial charge is 0.480 e. The fraction of sp³-hybridized carbons (Fsp3) is 0.0417. The van der Waals surface area contributed by atoms with Crippen molar-refractivity contribution in [1.29, 1.82) is 5.26 Å². The van der Waals surface area contributed by atoms with Crippen LogP contribution in [0.15, 0.2) is 83.2 Å². The predicted molar refractivity (Wildman–Crippen MR) is 120 cm³/mol. The summed E-state index contributed by atoms with van der Waals surface area (Å²) in [5.74, 6) is -1.40. The lowest BCUT2D eigenvalue weighted by Crippen LogP contribution is -2.09. The van der Waals surface area contributed by atoms with E-state index in [0.717, 1.165) is 16.6 Å². The number of benzene rings is 2. The standard InChI is InChI=1S/C24H15FN2O2S2/c25-17-10-8-15(9-11-17)18-13-20(21-7-4-12-30-21)27-23(19(18)14-26)31-22(24(28)29)16-5-2-1-3-6-16/h1-13,22H,(H,28,29). The molecule has 0 bridgehead atoms. The minimum absolute atomic E-state index is 0.263. The minimum atomic E-state index is -1.02. The molecule has 152 valence electrons. The zero-order chi connectivity index (χ0) is 21.8. The fourth-order valence-electron chi connectivity index (χ4n) is 3.12. The first-order chi connectivity index (χ1) is 15.1. The van der Waals surface area contributed by atoms with Crippen molar-refractivity contribution in [2.45, 2.75) is 10.3 Å². The molecule has 2 aromatic carbocycles. The summed E-state index contributed by atoms with van der Waals surface area (Å²) >= 11 is 2.52. The summed E-state index contributed by atoms with van der Waals surface area (Å²) in [6.45, 7) is 0. The van der Waals surface area contributed by atoms with Crippen molar-refractivity contribution in [1.82, 2.24) is 4.98 Å². The number of hydrogen-bond acceptors (Lipinski definition) is 5. The van der Waals surface area contributed by atoms with Gasteiger partial charge in [-0.1, -0.05) is 60.3 Å². The van der Waals surface area contributed by atoms with Gasteiger partial charge >= 0.3 is 5.97 Å². The molecule has 0 radical (unpaired) electrons. The molecule has 0 aliphatic heterocycles. The Morgan fingerprint density at radius 1 is 1.10 bits per heavy atom. The number of aliphatic carboxylic acids is 1. The number of rotatable bonds is 6. The zero-order valence-electron chi connectivity index (χ0n) is 16.0. The molecular weight excluding hydrogens is 431 g/mol. The Labute approximate surface area is 186 Å². The highest BCUT2D eigenvalue weighted by atomic mass is 32.2. The van der Waals surface area contributed by atoms with Gasteiger partial charge in [0, 0.05) is 5.56 Å². The van der Waals surface area contributed by atoms with Gasteiger partial charge in [0.05, 0.1) is 16.1 Å². The molecule has 4 nitrogen and oxygen atoms in total. The SMILES string of the molecule is N#Cc1c(-c2ccc(F)cc2)cc(-c2cccs2)nc1SC(C(=O)O)c1ccccc1. The number of pyridine rings is 1. The number of nitriles is 1. The van der Waals surface area contributed by atoms with Gasteiger partial charge in [0.15, 0.2) is 0 Å². The van der Waals surface area contributed by atoms with Gasteiger partial charge in [0.2, 0.25) is 0 Å². The molecular formula is C24H15FN2O2S2. The quantitative estimate of drug-likeness (QED) is 0.347. The number of carboxylic acid groups (broad SMARTS) is 1. The second-order valence-corrected chi connectivity index (χ2v) is 8.62. The van der Waals surface area contributed by atoms with E-state index in [1.807, 2.05) is 23.6 Å². The Kier molecular flexibility index (Phi) is 6.12. The first-order valence-corrected chi connectivity index (χ1v) is 11.0.